The quantitative estimate of drug-likeness (QED) is 0.714. The van der Waals surface area contributed by atoms with Crippen molar-refractivity contribution >= 4 is 5.91 Å². The van der Waals surface area contributed by atoms with Crippen LogP contribution in [0.15, 0.2) is 0 Å². The van der Waals surface area contributed by atoms with Crippen LogP contribution < -0.4 is 10.6 Å². The Morgan fingerprint density at radius 1 is 1.64 bits per heavy atom. The average molecular weight is 198 g/mol. The van der Waals surface area contributed by atoms with Crippen LogP contribution >= 0.6 is 0 Å². The first-order chi connectivity index (χ1) is 6.65. The highest BCUT2D eigenvalue weighted by Crippen LogP contribution is 2.12. The molecule has 3 unspecified atom stereocenters. The second-order valence-electron chi connectivity index (χ2n) is 4.39. The van der Waals surface area contributed by atoms with Crippen molar-refractivity contribution in [3.05, 3.63) is 0 Å². The molecule has 3 heteroatoms. The molecule has 14 heavy (non-hydrogen) atoms. The van der Waals surface area contributed by atoms with Crippen molar-refractivity contribution in [1.29, 1.82) is 0 Å². The summed E-state index contributed by atoms with van der Waals surface area (Å²) in [6, 6.07) is 0.324. The van der Waals surface area contributed by atoms with Gasteiger partial charge in [0.2, 0.25) is 5.91 Å². The summed E-state index contributed by atoms with van der Waals surface area (Å²) in [4.78, 5) is 11.6. The second kappa shape index (κ2) is 5.35. The SMILES string of the molecule is CCC(C)C(=O)NC1CNCCC1C. The zero-order chi connectivity index (χ0) is 10.6. The van der Waals surface area contributed by atoms with Crippen LogP contribution in [0, 0.1) is 11.8 Å². The van der Waals surface area contributed by atoms with Gasteiger partial charge in [-0.15, -0.1) is 0 Å². The summed E-state index contributed by atoms with van der Waals surface area (Å²) >= 11 is 0. The van der Waals surface area contributed by atoms with E-state index in [4.69, 9.17) is 0 Å². The van der Waals surface area contributed by atoms with Crippen LogP contribution in [0.25, 0.3) is 0 Å². The minimum atomic E-state index is 0.143. The van der Waals surface area contributed by atoms with Crippen LogP contribution in [-0.2, 0) is 4.79 Å². The average Bonchev–Trinajstić information content (AvgIpc) is 2.20. The van der Waals surface area contributed by atoms with E-state index in [-0.39, 0.29) is 11.8 Å². The van der Waals surface area contributed by atoms with Crippen molar-refractivity contribution in [3.63, 3.8) is 0 Å². The van der Waals surface area contributed by atoms with Crippen LogP contribution in [0.3, 0.4) is 0 Å². The topological polar surface area (TPSA) is 41.1 Å². The minimum Gasteiger partial charge on any atom is -0.352 e. The maximum Gasteiger partial charge on any atom is 0.223 e. The standard InChI is InChI=1S/C11H22N2O/c1-4-8(2)11(14)13-10-7-12-6-5-9(10)3/h8-10,12H,4-7H2,1-3H3,(H,13,14). The first-order valence-electron chi connectivity index (χ1n) is 5.66. The van der Waals surface area contributed by atoms with Gasteiger partial charge in [-0.1, -0.05) is 20.8 Å². The number of hydrogen-bond acceptors (Lipinski definition) is 2. The predicted octanol–water partition coefficient (Wildman–Crippen LogP) is 1.15. The molecule has 1 rings (SSSR count). The number of hydrogen-bond donors (Lipinski definition) is 2. The van der Waals surface area contributed by atoms with E-state index in [1.807, 2.05) is 13.8 Å². The van der Waals surface area contributed by atoms with Crippen LogP contribution in [0.5, 0.6) is 0 Å². The Labute approximate surface area is 86.6 Å². The molecule has 0 radical (unpaired) electrons. The molecule has 0 aromatic carbocycles. The van der Waals surface area contributed by atoms with E-state index >= 15 is 0 Å². The fourth-order valence-corrected chi connectivity index (χ4v) is 1.69. The highest BCUT2D eigenvalue weighted by molar-refractivity contribution is 5.78. The Hall–Kier alpha value is -0.570. The third kappa shape index (κ3) is 2.98. The van der Waals surface area contributed by atoms with Crippen molar-refractivity contribution in [2.45, 2.75) is 39.7 Å². The molecular weight excluding hydrogens is 176 g/mol. The van der Waals surface area contributed by atoms with Crippen LogP contribution in [0.1, 0.15) is 33.6 Å². The summed E-state index contributed by atoms with van der Waals surface area (Å²) in [7, 11) is 0. The molecule has 1 saturated heterocycles. The Bertz CT molecular complexity index is 194. The van der Waals surface area contributed by atoms with E-state index in [9.17, 15) is 4.79 Å². The maximum absolute atomic E-state index is 11.6. The minimum absolute atomic E-state index is 0.143. The van der Waals surface area contributed by atoms with Gasteiger partial charge in [0.1, 0.15) is 0 Å². The van der Waals surface area contributed by atoms with Gasteiger partial charge in [0.05, 0.1) is 0 Å². The summed E-state index contributed by atoms with van der Waals surface area (Å²) in [5.41, 5.74) is 0. The molecule has 1 amide bonds. The van der Waals surface area contributed by atoms with Gasteiger partial charge < -0.3 is 10.6 Å². The number of carbonyl (C=O) groups excluding carboxylic acids is 1. The molecule has 0 saturated carbocycles. The summed E-state index contributed by atoms with van der Waals surface area (Å²) in [6.45, 7) is 8.24. The van der Waals surface area contributed by atoms with E-state index in [1.165, 1.54) is 0 Å². The van der Waals surface area contributed by atoms with Gasteiger partial charge in [-0.05, 0) is 25.3 Å². The summed E-state index contributed by atoms with van der Waals surface area (Å²) in [5.74, 6) is 0.946. The van der Waals surface area contributed by atoms with E-state index in [1.54, 1.807) is 0 Å². The number of nitrogens with one attached hydrogen (secondary N) is 2. The monoisotopic (exact) mass is 198 g/mol. The third-order valence-electron chi connectivity index (χ3n) is 3.22. The Morgan fingerprint density at radius 3 is 2.93 bits per heavy atom. The summed E-state index contributed by atoms with van der Waals surface area (Å²) in [5, 5.41) is 6.43. The maximum atomic E-state index is 11.6. The van der Waals surface area contributed by atoms with Crippen molar-refractivity contribution in [3.8, 4) is 0 Å². The smallest absolute Gasteiger partial charge is 0.223 e. The Balaban J connectivity index is 2.38. The molecule has 0 bridgehead atoms. The zero-order valence-electron chi connectivity index (χ0n) is 9.47. The van der Waals surface area contributed by atoms with Gasteiger partial charge in [-0.2, -0.15) is 0 Å². The zero-order valence-corrected chi connectivity index (χ0v) is 9.47. The van der Waals surface area contributed by atoms with Gasteiger partial charge in [0.25, 0.3) is 0 Å². The highest BCUT2D eigenvalue weighted by atomic mass is 16.1. The fourth-order valence-electron chi connectivity index (χ4n) is 1.69. The van der Waals surface area contributed by atoms with Crippen molar-refractivity contribution in [2.24, 2.45) is 11.8 Å². The number of carbonyl (C=O) groups is 1. The lowest BCUT2D eigenvalue weighted by molar-refractivity contribution is -0.125. The molecule has 3 atom stereocenters. The molecule has 1 aliphatic heterocycles. The first kappa shape index (κ1) is 11.5. The van der Waals surface area contributed by atoms with Gasteiger partial charge in [0.15, 0.2) is 0 Å². The molecule has 1 aliphatic rings. The summed E-state index contributed by atoms with van der Waals surface area (Å²) in [6.07, 6.45) is 2.08. The fraction of sp³-hybridized carbons (Fsp3) is 0.909. The van der Waals surface area contributed by atoms with E-state index < -0.39 is 0 Å². The molecular formula is C11H22N2O. The lowest BCUT2D eigenvalue weighted by atomic mass is 9.94. The van der Waals surface area contributed by atoms with Crippen molar-refractivity contribution in [1.82, 2.24) is 10.6 Å². The molecule has 3 nitrogen and oxygen atoms in total. The molecule has 0 aromatic rings. The van der Waals surface area contributed by atoms with Gasteiger partial charge in [0, 0.05) is 18.5 Å². The molecule has 1 fully saturated rings. The largest absolute Gasteiger partial charge is 0.352 e. The molecule has 0 aromatic heterocycles. The van der Waals surface area contributed by atoms with Crippen LogP contribution in [0.2, 0.25) is 0 Å². The summed E-state index contributed by atoms with van der Waals surface area (Å²) < 4.78 is 0. The molecule has 0 spiro atoms. The normalized spacial score (nSPS) is 29.6. The first-order valence-corrected chi connectivity index (χ1v) is 5.66. The lowest BCUT2D eigenvalue weighted by Crippen LogP contribution is -2.51. The van der Waals surface area contributed by atoms with Crippen LogP contribution in [0.4, 0.5) is 0 Å². The Kier molecular flexibility index (Phi) is 4.39. The van der Waals surface area contributed by atoms with E-state index in [2.05, 4.69) is 17.6 Å². The van der Waals surface area contributed by atoms with Crippen LogP contribution in [-0.4, -0.2) is 25.0 Å². The van der Waals surface area contributed by atoms with Crippen molar-refractivity contribution in [2.75, 3.05) is 13.1 Å². The predicted molar refractivity (Wildman–Crippen MR) is 58.0 cm³/mol. The molecule has 2 N–H and O–H groups in total. The number of rotatable bonds is 3. The van der Waals surface area contributed by atoms with Gasteiger partial charge in [-0.25, -0.2) is 0 Å². The number of piperidine rings is 1. The van der Waals surface area contributed by atoms with E-state index in [0.29, 0.717) is 12.0 Å². The third-order valence-corrected chi connectivity index (χ3v) is 3.22. The molecule has 82 valence electrons. The lowest BCUT2D eigenvalue weighted by Gasteiger charge is -2.31. The molecule has 0 aliphatic carbocycles. The Morgan fingerprint density at radius 2 is 2.36 bits per heavy atom. The molecule has 1 heterocycles. The number of amides is 1. The van der Waals surface area contributed by atoms with Gasteiger partial charge in [-0.3, -0.25) is 4.79 Å². The van der Waals surface area contributed by atoms with Crippen molar-refractivity contribution < 1.29 is 4.79 Å². The highest BCUT2D eigenvalue weighted by Gasteiger charge is 2.23. The second-order valence-corrected chi connectivity index (χ2v) is 4.39. The van der Waals surface area contributed by atoms with Gasteiger partial charge >= 0.3 is 0 Å². The van der Waals surface area contributed by atoms with E-state index in [0.717, 1.165) is 25.9 Å².